The summed E-state index contributed by atoms with van der Waals surface area (Å²) in [5, 5.41) is 18.2. The maximum atomic E-state index is 8.97. The molecule has 86 valence electrons. The first-order chi connectivity index (χ1) is 7.72. The molecule has 0 radical (unpaired) electrons. The maximum absolute atomic E-state index is 8.97. The Bertz CT molecular complexity index is 381. The summed E-state index contributed by atoms with van der Waals surface area (Å²) >= 11 is 5.96. The number of halogens is 1. The smallest absolute Gasteiger partial charge is 0.101 e. The molecule has 0 aliphatic rings. The van der Waals surface area contributed by atoms with E-state index in [4.69, 9.17) is 22.0 Å². The van der Waals surface area contributed by atoms with Crippen molar-refractivity contribution >= 4 is 17.3 Å². The molecule has 4 heteroatoms. The van der Waals surface area contributed by atoms with Crippen molar-refractivity contribution < 1.29 is 5.11 Å². The summed E-state index contributed by atoms with van der Waals surface area (Å²) < 4.78 is 0. The molecule has 0 heterocycles. The molecule has 0 bridgehead atoms. The summed E-state index contributed by atoms with van der Waals surface area (Å²) in [6, 6.07) is 7.36. The number of anilines is 1. The summed E-state index contributed by atoms with van der Waals surface area (Å²) in [5.41, 5.74) is 1.42. The van der Waals surface area contributed by atoms with Gasteiger partial charge in [-0.25, -0.2) is 0 Å². The molecule has 0 atom stereocenters. The standard InChI is InChI=1S/C12H15ClN2O/c1-2-5-15(6-7-16)11-4-3-10(9-14)12(13)8-11/h3-4,8,16H,2,5-7H2,1H3. The van der Waals surface area contributed by atoms with Gasteiger partial charge in [-0.05, 0) is 24.6 Å². The third kappa shape index (κ3) is 3.13. The van der Waals surface area contributed by atoms with Crippen LogP contribution in [-0.2, 0) is 0 Å². The second kappa shape index (κ2) is 6.37. The van der Waals surface area contributed by atoms with Crippen molar-refractivity contribution in [1.82, 2.24) is 0 Å². The summed E-state index contributed by atoms with van der Waals surface area (Å²) in [6.07, 6.45) is 0.998. The van der Waals surface area contributed by atoms with E-state index in [0.717, 1.165) is 18.7 Å². The summed E-state index contributed by atoms with van der Waals surface area (Å²) in [4.78, 5) is 2.05. The molecule has 16 heavy (non-hydrogen) atoms. The van der Waals surface area contributed by atoms with Crippen LogP contribution in [-0.4, -0.2) is 24.8 Å². The summed E-state index contributed by atoms with van der Waals surface area (Å²) in [5.74, 6) is 0. The van der Waals surface area contributed by atoms with Gasteiger partial charge in [0.1, 0.15) is 6.07 Å². The van der Waals surface area contributed by atoms with Gasteiger partial charge in [-0.1, -0.05) is 18.5 Å². The predicted molar refractivity (Wildman–Crippen MR) is 65.8 cm³/mol. The quantitative estimate of drug-likeness (QED) is 0.857. The zero-order valence-corrected chi connectivity index (χ0v) is 10.0. The van der Waals surface area contributed by atoms with Crippen LogP contribution in [0.4, 0.5) is 5.69 Å². The van der Waals surface area contributed by atoms with Crippen LogP contribution in [0.2, 0.25) is 5.02 Å². The van der Waals surface area contributed by atoms with Gasteiger partial charge in [0.2, 0.25) is 0 Å². The van der Waals surface area contributed by atoms with E-state index in [2.05, 4.69) is 6.92 Å². The first kappa shape index (κ1) is 12.8. The molecule has 0 fully saturated rings. The molecule has 0 aliphatic carbocycles. The Kier molecular flexibility index (Phi) is 5.10. The number of hydrogen-bond acceptors (Lipinski definition) is 3. The average Bonchev–Trinajstić information content (AvgIpc) is 2.28. The van der Waals surface area contributed by atoms with Crippen LogP contribution >= 0.6 is 11.6 Å². The molecule has 1 rings (SSSR count). The Morgan fingerprint density at radius 3 is 2.69 bits per heavy atom. The molecule has 0 unspecified atom stereocenters. The van der Waals surface area contributed by atoms with E-state index in [9.17, 15) is 0 Å². The maximum Gasteiger partial charge on any atom is 0.101 e. The number of aliphatic hydroxyl groups is 1. The van der Waals surface area contributed by atoms with E-state index in [1.165, 1.54) is 0 Å². The summed E-state index contributed by atoms with van der Waals surface area (Å²) in [6.45, 7) is 3.63. The van der Waals surface area contributed by atoms with E-state index in [1.807, 2.05) is 17.0 Å². The van der Waals surface area contributed by atoms with Crippen molar-refractivity contribution in [3.05, 3.63) is 28.8 Å². The highest BCUT2D eigenvalue weighted by Crippen LogP contribution is 2.23. The Balaban J connectivity index is 2.93. The molecule has 3 nitrogen and oxygen atoms in total. The minimum absolute atomic E-state index is 0.109. The fraction of sp³-hybridized carbons (Fsp3) is 0.417. The zero-order chi connectivity index (χ0) is 12.0. The van der Waals surface area contributed by atoms with Gasteiger partial charge in [0.05, 0.1) is 17.2 Å². The average molecular weight is 239 g/mol. The van der Waals surface area contributed by atoms with Crippen LogP contribution in [0.5, 0.6) is 0 Å². The van der Waals surface area contributed by atoms with Gasteiger partial charge >= 0.3 is 0 Å². The van der Waals surface area contributed by atoms with Gasteiger partial charge in [-0.15, -0.1) is 0 Å². The lowest BCUT2D eigenvalue weighted by molar-refractivity contribution is 0.302. The minimum atomic E-state index is 0.109. The van der Waals surface area contributed by atoms with E-state index in [1.54, 1.807) is 12.1 Å². The van der Waals surface area contributed by atoms with Gasteiger partial charge in [-0.3, -0.25) is 0 Å². The Labute approximate surface area is 101 Å². The Morgan fingerprint density at radius 1 is 1.44 bits per heavy atom. The van der Waals surface area contributed by atoms with Gasteiger partial charge in [-0.2, -0.15) is 5.26 Å². The van der Waals surface area contributed by atoms with Gasteiger partial charge < -0.3 is 10.0 Å². The fourth-order valence-corrected chi connectivity index (χ4v) is 1.77. The monoisotopic (exact) mass is 238 g/mol. The van der Waals surface area contributed by atoms with Crippen LogP contribution < -0.4 is 4.90 Å². The molecular weight excluding hydrogens is 224 g/mol. The lowest BCUT2D eigenvalue weighted by atomic mass is 10.2. The van der Waals surface area contributed by atoms with Crippen molar-refractivity contribution in [3.8, 4) is 6.07 Å². The molecular formula is C12H15ClN2O. The molecule has 0 saturated carbocycles. The number of benzene rings is 1. The van der Waals surface area contributed by atoms with E-state index < -0.39 is 0 Å². The molecule has 0 aromatic heterocycles. The van der Waals surface area contributed by atoms with Crippen LogP contribution in [0.3, 0.4) is 0 Å². The third-order valence-electron chi connectivity index (χ3n) is 2.30. The second-order valence-corrected chi connectivity index (χ2v) is 3.89. The van der Waals surface area contributed by atoms with Gasteiger partial charge in [0.15, 0.2) is 0 Å². The Morgan fingerprint density at radius 2 is 2.19 bits per heavy atom. The normalized spacial score (nSPS) is 9.88. The van der Waals surface area contributed by atoms with Crippen LogP contribution in [0.25, 0.3) is 0 Å². The molecule has 1 aromatic carbocycles. The van der Waals surface area contributed by atoms with Gasteiger partial charge in [0, 0.05) is 18.8 Å². The Hall–Kier alpha value is -1.24. The molecule has 0 spiro atoms. The van der Waals surface area contributed by atoms with Crippen molar-refractivity contribution in [2.45, 2.75) is 13.3 Å². The van der Waals surface area contributed by atoms with Crippen LogP contribution in [0.1, 0.15) is 18.9 Å². The summed E-state index contributed by atoms with van der Waals surface area (Å²) in [7, 11) is 0. The van der Waals surface area contributed by atoms with E-state index >= 15 is 0 Å². The van der Waals surface area contributed by atoms with E-state index in [0.29, 0.717) is 17.1 Å². The largest absolute Gasteiger partial charge is 0.395 e. The SMILES string of the molecule is CCCN(CCO)c1ccc(C#N)c(Cl)c1. The zero-order valence-electron chi connectivity index (χ0n) is 9.28. The van der Waals surface area contributed by atoms with Crippen molar-refractivity contribution in [3.63, 3.8) is 0 Å². The number of hydrogen-bond donors (Lipinski definition) is 1. The van der Waals surface area contributed by atoms with E-state index in [-0.39, 0.29) is 6.61 Å². The number of nitriles is 1. The molecule has 0 amide bonds. The highest BCUT2D eigenvalue weighted by molar-refractivity contribution is 6.32. The highest BCUT2D eigenvalue weighted by atomic mass is 35.5. The second-order valence-electron chi connectivity index (χ2n) is 3.49. The number of rotatable bonds is 5. The first-order valence-corrected chi connectivity index (χ1v) is 5.66. The van der Waals surface area contributed by atoms with Crippen molar-refractivity contribution in [2.24, 2.45) is 0 Å². The molecule has 1 aromatic rings. The number of aliphatic hydroxyl groups excluding tert-OH is 1. The molecule has 1 N–H and O–H groups in total. The van der Waals surface area contributed by atoms with Crippen LogP contribution in [0, 0.1) is 11.3 Å². The van der Waals surface area contributed by atoms with Gasteiger partial charge in [0.25, 0.3) is 0 Å². The van der Waals surface area contributed by atoms with Crippen molar-refractivity contribution in [1.29, 1.82) is 5.26 Å². The number of nitrogens with zero attached hydrogens (tertiary/aromatic N) is 2. The lowest BCUT2D eigenvalue weighted by Gasteiger charge is -2.23. The minimum Gasteiger partial charge on any atom is -0.395 e. The third-order valence-corrected chi connectivity index (χ3v) is 2.61. The van der Waals surface area contributed by atoms with Crippen molar-refractivity contribution in [2.75, 3.05) is 24.6 Å². The van der Waals surface area contributed by atoms with Crippen LogP contribution in [0.15, 0.2) is 18.2 Å². The topological polar surface area (TPSA) is 47.3 Å². The predicted octanol–water partition coefficient (Wildman–Crippen LogP) is 2.42. The molecule has 0 saturated heterocycles. The first-order valence-electron chi connectivity index (χ1n) is 5.28. The highest BCUT2D eigenvalue weighted by Gasteiger charge is 2.07. The fourth-order valence-electron chi connectivity index (χ4n) is 1.55. The molecule has 0 aliphatic heterocycles. The lowest BCUT2D eigenvalue weighted by Crippen LogP contribution is -2.27.